The molecule has 0 bridgehead atoms. The molecule has 33 heavy (non-hydrogen) atoms. The molecule has 2 rings (SSSR count). The number of carbonyl (C=O) groups is 3. The van der Waals surface area contributed by atoms with E-state index in [1.807, 2.05) is 6.92 Å². The minimum atomic E-state index is -1.21. The van der Waals surface area contributed by atoms with Crippen molar-refractivity contribution in [3.63, 3.8) is 0 Å². The van der Waals surface area contributed by atoms with Gasteiger partial charge in [-0.25, -0.2) is 14.4 Å². The van der Waals surface area contributed by atoms with Crippen molar-refractivity contribution in [2.75, 3.05) is 6.54 Å². The van der Waals surface area contributed by atoms with Crippen molar-refractivity contribution in [1.29, 1.82) is 0 Å². The quantitative estimate of drug-likeness (QED) is 0.529. The first-order chi connectivity index (χ1) is 15.3. The third-order valence-electron chi connectivity index (χ3n) is 5.95. The lowest BCUT2D eigenvalue weighted by atomic mass is 10.0. The maximum atomic E-state index is 13.3. The van der Waals surface area contributed by atoms with Crippen molar-refractivity contribution < 1.29 is 28.7 Å². The van der Waals surface area contributed by atoms with Gasteiger partial charge in [-0.05, 0) is 56.9 Å². The lowest BCUT2D eigenvalue weighted by molar-refractivity contribution is -0.787. The van der Waals surface area contributed by atoms with E-state index >= 15 is 0 Å². The maximum absolute atomic E-state index is 13.3. The van der Waals surface area contributed by atoms with Crippen molar-refractivity contribution in [1.82, 2.24) is 10.6 Å². The Labute approximate surface area is 201 Å². The van der Waals surface area contributed by atoms with Crippen LogP contribution in [0, 0.1) is 5.92 Å². The van der Waals surface area contributed by atoms with Crippen LogP contribution in [-0.4, -0.2) is 51.9 Å². The molecule has 1 fully saturated rings. The van der Waals surface area contributed by atoms with E-state index in [0.29, 0.717) is 17.1 Å². The SMILES string of the molecule is CC(C)[C@@H](O)C(=O)[N+]1(C(=O)NCc2cc(Cl)ccc2CNC(=O)OC(C)(C)C)CCC[C@H]1C. The summed E-state index contributed by atoms with van der Waals surface area (Å²) in [5.41, 5.74) is 0.868. The molecule has 0 aromatic heterocycles. The van der Waals surface area contributed by atoms with Gasteiger partial charge < -0.3 is 20.5 Å². The van der Waals surface area contributed by atoms with Crippen LogP contribution >= 0.6 is 11.6 Å². The molecule has 1 aliphatic heterocycles. The first-order valence-corrected chi connectivity index (χ1v) is 11.8. The zero-order chi connectivity index (χ0) is 25.0. The standard InChI is InChI=1S/C24H36ClN3O5/c1-15(2)20(29)21(30)28(11-7-8-16(28)3)22(31)26-14-18-12-19(25)10-9-17(18)13-27-23(32)33-24(4,5)6/h9-10,12,15-16,20,29H,7-8,11,13-14H2,1-6H3,(H-,26,27,31,32)/p+1/t16-,20-,28?/m1/s1. The normalized spacial score (nSPS) is 21.5. The van der Waals surface area contributed by atoms with Crippen LogP contribution in [0.25, 0.3) is 0 Å². The van der Waals surface area contributed by atoms with Crippen LogP contribution in [0.3, 0.4) is 0 Å². The number of hydrogen-bond acceptors (Lipinski definition) is 5. The van der Waals surface area contributed by atoms with Crippen LogP contribution < -0.4 is 10.6 Å². The average molecular weight is 483 g/mol. The summed E-state index contributed by atoms with van der Waals surface area (Å²) in [5.74, 6) is -0.753. The molecule has 1 aliphatic rings. The van der Waals surface area contributed by atoms with Gasteiger partial charge in [0.25, 0.3) is 0 Å². The molecule has 0 radical (unpaired) electrons. The number of nitrogens with zero attached hydrogens (tertiary/aromatic N) is 1. The summed E-state index contributed by atoms with van der Waals surface area (Å²) < 4.78 is 4.86. The highest BCUT2D eigenvalue weighted by molar-refractivity contribution is 6.30. The summed E-state index contributed by atoms with van der Waals surface area (Å²) in [5, 5.41) is 16.5. The Morgan fingerprint density at radius 3 is 2.36 bits per heavy atom. The summed E-state index contributed by atoms with van der Waals surface area (Å²) >= 11 is 6.17. The molecule has 8 nitrogen and oxygen atoms in total. The van der Waals surface area contributed by atoms with Crippen molar-refractivity contribution >= 4 is 29.6 Å². The van der Waals surface area contributed by atoms with Crippen molar-refractivity contribution in [3.8, 4) is 0 Å². The number of ether oxygens (including phenoxy) is 1. The maximum Gasteiger partial charge on any atom is 0.424 e. The average Bonchev–Trinajstić information content (AvgIpc) is 3.10. The van der Waals surface area contributed by atoms with Gasteiger partial charge in [-0.15, -0.1) is 0 Å². The van der Waals surface area contributed by atoms with Gasteiger partial charge in [0.15, 0.2) is 6.10 Å². The van der Waals surface area contributed by atoms with E-state index in [0.717, 1.165) is 18.4 Å². The molecule has 9 heteroatoms. The first kappa shape index (κ1) is 27.1. The number of likely N-dealkylation sites (tertiary alicyclic amines) is 1. The molecule has 0 saturated carbocycles. The van der Waals surface area contributed by atoms with Gasteiger partial charge in [-0.2, -0.15) is 4.48 Å². The minimum absolute atomic E-state index is 0.127. The number of benzene rings is 1. The Morgan fingerprint density at radius 1 is 1.18 bits per heavy atom. The number of imide groups is 1. The first-order valence-electron chi connectivity index (χ1n) is 11.4. The number of rotatable bonds is 6. The Morgan fingerprint density at radius 2 is 1.82 bits per heavy atom. The second kappa shape index (κ2) is 10.8. The minimum Gasteiger partial charge on any atom is -0.444 e. The van der Waals surface area contributed by atoms with Crippen molar-refractivity contribution in [2.45, 2.75) is 85.2 Å². The summed E-state index contributed by atoms with van der Waals surface area (Å²) in [4.78, 5) is 38.5. The van der Waals surface area contributed by atoms with Crippen LogP contribution in [0.5, 0.6) is 0 Å². The molecule has 1 saturated heterocycles. The number of hydrogen-bond donors (Lipinski definition) is 3. The number of carbonyl (C=O) groups excluding carboxylic acids is 3. The van der Waals surface area contributed by atoms with Gasteiger partial charge in [-0.3, -0.25) is 0 Å². The number of quaternary nitrogens is 1. The molecule has 184 valence electrons. The number of nitrogens with one attached hydrogen (secondary N) is 2. The molecule has 1 heterocycles. The molecule has 1 unspecified atom stereocenters. The van der Waals surface area contributed by atoms with Crippen LogP contribution in [0.1, 0.15) is 65.5 Å². The van der Waals surface area contributed by atoms with Gasteiger partial charge in [-0.1, -0.05) is 31.5 Å². The highest BCUT2D eigenvalue weighted by Crippen LogP contribution is 2.30. The molecular formula is C24H37ClN3O5+. The largest absolute Gasteiger partial charge is 0.444 e. The Balaban J connectivity index is 2.17. The predicted octanol–water partition coefficient (Wildman–Crippen LogP) is 4.12. The summed E-state index contributed by atoms with van der Waals surface area (Å²) in [6.45, 7) is 11.4. The summed E-state index contributed by atoms with van der Waals surface area (Å²) in [7, 11) is 0. The van der Waals surface area contributed by atoms with Gasteiger partial charge in [0.1, 0.15) is 11.6 Å². The highest BCUT2D eigenvalue weighted by Gasteiger charge is 2.54. The smallest absolute Gasteiger partial charge is 0.424 e. The van der Waals surface area contributed by atoms with Gasteiger partial charge in [0, 0.05) is 31.0 Å². The zero-order valence-electron chi connectivity index (χ0n) is 20.4. The van der Waals surface area contributed by atoms with Crippen LogP contribution in [0.2, 0.25) is 5.02 Å². The summed E-state index contributed by atoms with van der Waals surface area (Å²) in [6, 6.07) is 4.54. The second-order valence-electron chi connectivity index (χ2n) is 10.0. The number of aliphatic hydroxyl groups excluding tert-OH is 1. The summed E-state index contributed by atoms with van der Waals surface area (Å²) in [6.07, 6.45) is -0.299. The van der Waals surface area contributed by atoms with E-state index < -0.39 is 34.2 Å². The Hall–Kier alpha value is -2.16. The van der Waals surface area contributed by atoms with Crippen LogP contribution in [0.15, 0.2) is 18.2 Å². The Kier molecular flexibility index (Phi) is 8.90. The molecule has 0 aliphatic carbocycles. The van der Waals surface area contributed by atoms with Crippen LogP contribution in [-0.2, 0) is 22.6 Å². The Bertz CT molecular complexity index is 883. The van der Waals surface area contributed by atoms with Gasteiger partial charge in [0.05, 0.1) is 6.54 Å². The van der Waals surface area contributed by atoms with E-state index in [1.165, 1.54) is 0 Å². The molecule has 0 spiro atoms. The number of urea groups is 1. The van der Waals surface area contributed by atoms with E-state index in [2.05, 4.69) is 10.6 Å². The molecule has 3 atom stereocenters. The number of halogens is 1. The molecule has 3 N–H and O–H groups in total. The zero-order valence-corrected chi connectivity index (χ0v) is 21.2. The second-order valence-corrected chi connectivity index (χ2v) is 10.5. The van der Waals surface area contributed by atoms with Crippen molar-refractivity contribution in [3.05, 3.63) is 34.3 Å². The molecule has 1 aromatic rings. The lowest BCUT2D eigenvalue weighted by Gasteiger charge is -2.35. The topological polar surface area (TPSA) is 105 Å². The fourth-order valence-electron chi connectivity index (χ4n) is 4.05. The number of aliphatic hydroxyl groups is 1. The number of amides is 4. The third kappa shape index (κ3) is 6.68. The third-order valence-corrected chi connectivity index (χ3v) is 6.18. The molecule has 4 amide bonds. The fraction of sp³-hybridized carbons (Fsp3) is 0.625. The van der Waals surface area contributed by atoms with E-state index in [4.69, 9.17) is 16.3 Å². The van der Waals surface area contributed by atoms with E-state index in [-0.39, 0.29) is 25.0 Å². The monoisotopic (exact) mass is 482 g/mol. The predicted molar refractivity (Wildman–Crippen MR) is 126 cm³/mol. The van der Waals surface area contributed by atoms with E-state index in [1.54, 1.807) is 52.8 Å². The fourth-order valence-corrected chi connectivity index (χ4v) is 4.25. The van der Waals surface area contributed by atoms with Crippen molar-refractivity contribution in [2.24, 2.45) is 5.92 Å². The van der Waals surface area contributed by atoms with E-state index in [9.17, 15) is 19.5 Å². The number of alkyl carbamates (subject to hydrolysis) is 1. The van der Waals surface area contributed by atoms with Gasteiger partial charge in [0.2, 0.25) is 0 Å². The lowest BCUT2D eigenvalue weighted by Crippen LogP contribution is -2.65. The highest BCUT2D eigenvalue weighted by atomic mass is 35.5. The molecular weight excluding hydrogens is 446 g/mol. The van der Waals surface area contributed by atoms with Gasteiger partial charge >= 0.3 is 18.0 Å². The molecule has 1 aromatic carbocycles. The van der Waals surface area contributed by atoms with Crippen LogP contribution in [0.4, 0.5) is 9.59 Å².